The van der Waals surface area contributed by atoms with Gasteiger partial charge < -0.3 is 5.11 Å². The predicted octanol–water partition coefficient (Wildman–Crippen LogP) is 4.06. The summed E-state index contributed by atoms with van der Waals surface area (Å²) in [6.07, 6.45) is 0. The number of hydrogen-bond donors (Lipinski definition) is 1. The largest absolute Gasteiger partial charge is 0.508 e. The Kier molecular flexibility index (Phi) is 3.18. The minimum atomic E-state index is -1.89. The Labute approximate surface area is 104 Å². The Morgan fingerprint density at radius 1 is 0.789 bits per heavy atom. The van der Waals surface area contributed by atoms with Crippen molar-refractivity contribution < 1.29 is 27.1 Å². The van der Waals surface area contributed by atoms with Crippen LogP contribution in [0.1, 0.15) is 5.56 Å². The van der Waals surface area contributed by atoms with Crippen molar-refractivity contribution in [1.29, 1.82) is 0 Å². The smallest absolute Gasteiger partial charge is 0.195 e. The third-order valence-electron chi connectivity index (χ3n) is 2.67. The molecule has 2 aromatic carbocycles. The highest BCUT2D eigenvalue weighted by atomic mass is 19.2. The van der Waals surface area contributed by atoms with E-state index in [1.54, 1.807) is 0 Å². The molecule has 0 fully saturated rings. The van der Waals surface area contributed by atoms with Gasteiger partial charge >= 0.3 is 0 Å². The van der Waals surface area contributed by atoms with Gasteiger partial charge in [0.1, 0.15) is 17.4 Å². The van der Waals surface area contributed by atoms with E-state index in [1.807, 2.05) is 0 Å². The van der Waals surface area contributed by atoms with Gasteiger partial charge in [-0.05, 0) is 18.6 Å². The van der Waals surface area contributed by atoms with E-state index in [2.05, 4.69) is 0 Å². The fourth-order valence-electron chi connectivity index (χ4n) is 1.68. The Morgan fingerprint density at radius 3 is 2.05 bits per heavy atom. The van der Waals surface area contributed by atoms with Gasteiger partial charge in [0.15, 0.2) is 17.5 Å². The molecule has 2 aromatic rings. The third kappa shape index (κ3) is 2.14. The molecule has 0 aliphatic heterocycles. The molecule has 0 amide bonds. The molecule has 1 nitrogen and oxygen atoms in total. The summed E-state index contributed by atoms with van der Waals surface area (Å²) in [6.45, 7) is 1.37. The maximum absolute atomic E-state index is 13.6. The molecule has 2 rings (SSSR count). The number of aromatic hydroxyl groups is 1. The lowest BCUT2D eigenvalue weighted by molar-refractivity contribution is 0.436. The third-order valence-corrected chi connectivity index (χ3v) is 2.67. The summed E-state index contributed by atoms with van der Waals surface area (Å²) in [5, 5.41) is 9.25. The number of phenols is 1. The van der Waals surface area contributed by atoms with Crippen LogP contribution < -0.4 is 0 Å². The van der Waals surface area contributed by atoms with Crippen LogP contribution in [0.5, 0.6) is 5.75 Å². The van der Waals surface area contributed by atoms with Crippen LogP contribution in [0.4, 0.5) is 22.0 Å². The Balaban J connectivity index is 2.80. The van der Waals surface area contributed by atoms with Gasteiger partial charge in [0, 0.05) is 17.7 Å². The van der Waals surface area contributed by atoms with Crippen LogP contribution >= 0.6 is 0 Å². The molecule has 0 spiro atoms. The predicted molar refractivity (Wildman–Crippen MR) is 58.1 cm³/mol. The van der Waals surface area contributed by atoms with Crippen molar-refractivity contribution >= 4 is 0 Å². The van der Waals surface area contributed by atoms with Crippen molar-refractivity contribution in [3.05, 3.63) is 52.8 Å². The SMILES string of the molecule is Cc1cc(-c2c(F)cc(F)c(F)c2F)c(F)cc1O. The molecule has 0 bridgehead atoms. The summed E-state index contributed by atoms with van der Waals surface area (Å²) >= 11 is 0. The van der Waals surface area contributed by atoms with E-state index in [-0.39, 0.29) is 11.6 Å². The summed E-state index contributed by atoms with van der Waals surface area (Å²) in [5.41, 5.74) is -1.47. The first-order valence-corrected chi connectivity index (χ1v) is 5.15. The normalized spacial score (nSPS) is 10.8. The quantitative estimate of drug-likeness (QED) is 0.472. The lowest BCUT2D eigenvalue weighted by Crippen LogP contribution is -2.00. The van der Waals surface area contributed by atoms with Crippen molar-refractivity contribution in [2.45, 2.75) is 6.92 Å². The van der Waals surface area contributed by atoms with Crippen LogP contribution in [0, 0.1) is 36.0 Å². The van der Waals surface area contributed by atoms with Gasteiger partial charge in [-0.15, -0.1) is 0 Å². The second-order valence-corrected chi connectivity index (χ2v) is 3.96. The molecule has 1 N–H and O–H groups in total. The molecule has 0 radical (unpaired) electrons. The number of phenolic OH excluding ortho intramolecular Hbond substituents is 1. The Morgan fingerprint density at radius 2 is 1.42 bits per heavy atom. The molecule has 0 saturated carbocycles. The lowest BCUT2D eigenvalue weighted by atomic mass is 10.0. The zero-order valence-corrected chi connectivity index (χ0v) is 9.57. The van der Waals surface area contributed by atoms with E-state index >= 15 is 0 Å². The van der Waals surface area contributed by atoms with Crippen LogP contribution in [0.15, 0.2) is 18.2 Å². The molecule has 0 unspecified atom stereocenters. The highest BCUT2D eigenvalue weighted by molar-refractivity contribution is 5.67. The number of benzene rings is 2. The molecular formula is C13H7F5O. The molecule has 6 heteroatoms. The zero-order valence-electron chi connectivity index (χ0n) is 9.57. The van der Waals surface area contributed by atoms with Gasteiger partial charge in [0.25, 0.3) is 0 Å². The average molecular weight is 274 g/mol. The maximum atomic E-state index is 13.6. The minimum Gasteiger partial charge on any atom is -0.508 e. The topological polar surface area (TPSA) is 20.2 Å². The first kappa shape index (κ1) is 13.3. The van der Waals surface area contributed by atoms with Crippen molar-refractivity contribution in [3.63, 3.8) is 0 Å². The van der Waals surface area contributed by atoms with E-state index in [9.17, 15) is 27.1 Å². The molecule has 0 heterocycles. The van der Waals surface area contributed by atoms with E-state index in [1.165, 1.54) is 6.92 Å². The van der Waals surface area contributed by atoms with Gasteiger partial charge in [-0.2, -0.15) is 0 Å². The zero-order chi connectivity index (χ0) is 14.3. The van der Waals surface area contributed by atoms with Crippen molar-refractivity contribution in [2.75, 3.05) is 0 Å². The molecule has 0 atom stereocenters. The second-order valence-electron chi connectivity index (χ2n) is 3.96. The highest BCUT2D eigenvalue weighted by Gasteiger charge is 2.23. The fourth-order valence-corrected chi connectivity index (χ4v) is 1.68. The Bertz CT molecular complexity index is 667. The van der Waals surface area contributed by atoms with Gasteiger partial charge in [-0.3, -0.25) is 0 Å². The number of aryl methyl sites for hydroxylation is 1. The molecule has 0 aromatic heterocycles. The van der Waals surface area contributed by atoms with Gasteiger partial charge in [0.2, 0.25) is 0 Å². The minimum absolute atomic E-state index is 0.134. The van der Waals surface area contributed by atoms with Gasteiger partial charge in [0.05, 0.1) is 5.56 Å². The van der Waals surface area contributed by atoms with Crippen LogP contribution in [-0.4, -0.2) is 5.11 Å². The number of hydrogen-bond acceptors (Lipinski definition) is 1. The number of halogens is 5. The van der Waals surface area contributed by atoms with Crippen LogP contribution in [0.2, 0.25) is 0 Å². The summed E-state index contributed by atoms with van der Waals surface area (Å²) in [5.74, 6) is -8.39. The first-order valence-electron chi connectivity index (χ1n) is 5.15. The van der Waals surface area contributed by atoms with E-state index < -0.39 is 46.0 Å². The Hall–Kier alpha value is -2.11. The standard InChI is InChI=1S/C13H7F5O/c1-5-2-6(7(14)4-10(5)19)11-8(15)3-9(16)12(17)13(11)18/h2-4,19H,1H3. The molecule has 19 heavy (non-hydrogen) atoms. The maximum Gasteiger partial charge on any atom is 0.195 e. The van der Waals surface area contributed by atoms with Gasteiger partial charge in [-0.1, -0.05) is 0 Å². The fraction of sp³-hybridized carbons (Fsp3) is 0.0769. The highest BCUT2D eigenvalue weighted by Crippen LogP contribution is 2.33. The average Bonchev–Trinajstić information content (AvgIpc) is 2.33. The van der Waals surface area contributed by atoms with Crippen LogP contribution in [0.25, 0.3) is 11.1 Å². The van der Waals surface area contributed by atoms with Crippen molar-refractivity contribution in [3.8, 4) is 16.9 Å². The summed E-state index contributed by atoms with van der Waals surface area (Å²) in [6, 6.07) is 1.73. The van der Waals surface area contributed by atoms with Crippen LogP contribution in [0.3, 0.4) is 0 Å². The summed E-state index contributed by atoms with van der Waals surface area (Å²) in [4.78, 5) is 0. The monoisotopic (exact) mass is 274 g/mol. The van der Waals surface area contributed by atoms with Crippen molar-refractivity contribution in [2.24, 2.45) is 0 Å². The summed E-state index contributed by atoms with van der Waals surface area (Å²) in [7, 11) is 0. The van der Waals surface area contributed by atoms with Crippen molar-refractivity contribution in [1.82, 2.24) is 0 Å². The second kappa shape index (κ2) is 4.53. The van der Waals surface area contributed by atoms with Gasteiger partial charge in [-0.25, -0.2) is 22.0 Å². The summed E-state index contributed by atoms with van der Waals surface area (Å²) < 4.78 is 66.5. The molecule has 0 aliphatic carbocycles. The lowest BCUT2D eigenvalue weighted by Gasteiger charge is -2.10. The van der Waals surface area contributed by atoms with Crippen LogP contribution in [-0.2, 0) is 0 Å². The molecular weight excluding hydrogens is 267 g/mol. The van der Waals surface area contributed by atoms with E-state index in [0.717, 1.165) is 6.07 Å². The molecule has 0 saturated heterocycles. The number of rotatable bonds is 1. The van der Waals surface area contributed by atoms with E-state index in [4.69, 9.17) is 0 Å². The molecule has 100 valence electrons. The molecule has 0 aliphatic rings. The first-order chi connectivity index (χ1) is 8.82. The van der Waals surface area contributed by atoms with E-state index in [0.29, 0.717) is 6.07 Å².